The number of hydrogen-bond donors (Lipinski definition) is 0. The Hall–Kier alpha value is -1.04. The fraction of sp³-hybridized carbons (Fsp3) is 0.714. The minimum atomic E-state index is -0.758. The molecule has 3 heteroatoms. The molecule has 0 amide bonds. The normalized spacial score (nSPS) is 20.4. The highest BCUT2D eigenvalue weighted by Gasteiger charge is 2.40. The molecule has 10 heavy (non-hydrogen) atoms. The van der Waals surface area contributed by atoms with Crippen molar-refractivity contribution in [1.82, 2.24) is 0 Å². The van der Waals surface area contributed by atoms with E-state index in [-0.39, 0.29) is 5.97 Å². The summed E-state index contributed by atoms with van der Waals surface area (Å²) in [4.78, 5) is 10.4. The molecule has 1 rings (SSSR count). The highest BCUT2D eigenvalue weighted by atomic mass is 16.6. The lowest BCUT2D eigenvalue weighted by Gasteiger charge is -2.33. The number of carbonyl (C=O) groups excluding carboxylic acids is 1. The molecule has 0 aromatic carbocycles. The molecule has 0 spiro atoms. The van der Waals surface area contributed by atoms with Crippen molar-refractivity contribution in [3.8, 4) is 6.07 Å². The van der Waals surface area contributed by atoms with Crippen LogP contribution in [0.5, 0.6) is 0 Å². The minimum absolute atomic E-state index is 0.360. The number of ether oxygens (including phenoxy) is 1. The third-order valence-corrected chi connectivity index (χ3v) is 1.70. The van der Waals surface area contributed by atoms with Crippen molar-refractivity contribution in [2.75, 3.05) is 0 Å². The first kappa shape index (κ1) is 7.07. The minimum Gasteiger partial charge on any atom is -0.444 e. The number of hydrogen-bond acceptors (Lipinski definition) is 3. The number of nitriles is 1. The van der Waals surface area contributed by atoms with Crippen LogP contribution in [0.3, 0.4) is 0 Å². The number of esters is 1. The van der Waals surface area contributed by atoms with E-state index in [1.165, 1.54) is 6.92 Å². The van der Waals surface area contributed by atoms with E-state index in [1.807, 2.05) is 6.07 Å². The van der Waals surface area contributed by atoms with Crippen molar-refractivity contribution in [2.45, 2.75) is 31.8 Å². The van der Waals surface area contributed by atoms with Crippen LogP contribution in [0.4, 0.5) is 0 Å². The largest absolute Gasteiger partial charge is 0.444 e. The van der Waals surface area contributed by atoms with Crippen molar-refractivity contribution in [2.24, 2.45) is 0 Å². The van der Waals surface area contributed by atoms with Gasteiger partial charge in [0.05, 0.1) is 0 Å². The van der Waals surface area contributed by atoms with Gasteiger partial charge in [-0.15, -0.1) is 0 Å². The quantitative estimate of drug-likeness (QED) is 0.509. The zero-order valence-corrected chi connectivity index (χ0v) is 5.89. The van der Waals surface area contributed by atoms with Gasteiger partial charge < -0.3 is 4.74 Å². The average molecular weight is 139 g/mol. The standard InChI is InChI=1S/C7H9NO2/c1-6(9)10-7(5-8)3-2-4-7/h2-4H2,1H3. The summed E-state index contributed by atoms with van der Waals surface area (Å²) in [5.74, 6) is -0.360. The molecule has 1 aliphatic carbocycles. The lowest BCUT2D eigenvalue weighted by Crippen LogP contribution is -2.39. The second-order valence-electron chi connectivity index (χ2n) is 2.55. The highest BCUT2D eigenvalue weighted by molar-refractivity contribution is 5.67. The Morgan fingerprint density at radius 1 is 1.70 bits per heavy atom. The fourth-order valence-electron chi connectivity index (χ4n) is 1.01. The Labute approximate surface area is 59.6 Å². The summed E-state index contributed by atoms with van der Waals surface area (Å²) in [5, 5.41) is 8.56. The molecule has 1 saturated carbocycles. The maximum atomic E-state index is 10.4. The number of carbonyl (C=O) groups is 1. The first-order valence-corrected chi connectivity index (χ1v) is 3.29. The van der Waals surface area contributed by atoms with Crippen LogP contribution in [-0.4, -0.2) is 11.6 Å². The Morgan fingerprint density at radius 2 is 2.30 bits per heavy atom. The zero-order chi connectivity index (χ0) is 7.61. The lowest BCUT2D eigenvalue weighted by atomic mass is 9.81. The van der Waals surface area contributed by atoms with Gasteiger partial charge in [0.1, 0.15) is 6.07 Å². The molecule has 1 aliphatic rings. The molecule has 3 nitrogen and oxygen atoms in total. The number of rotatable bonds is 1. The van der Waals surface area contributed by atoms with Crippen LogP contribution in [0.15, 0.2) is 0 Å². The van der Waals surface area contributed by atoms with Crippen molar-refractivity contribution >= 4 is 5.97 Å². The van der Waals surface area contributed by atoms with Gasteiger partial charge in [0.25, 0.3) is 0 Å². The highest BCUT2D eigenvalue weighted by Crippen LogP contribution is 2.34. The van der Waals surface area contributed by atoms with Crippen LogP contribution < -0.4 is 0 Å². The third-order valence-electron chi connectivity index (χ3n) is 1.70. The van der Waals surface area contributed by atoms with E-state index in [0.717, 1.165) is 6.42 Å². The molecule has 0 heterocycles. The molecule has 0 bridgehead atoms. The molecule has 0 atom stereocenters. The van der Waals surface area contributed by atoms with Crippen LogP contribution in [-0.2, 0) is 9.53 Å². The molecule has 0 aliphatic heterocycles. The topological polar surface area (TPSA) is 50.1 Å². The first-order valence-electron chi connectivity index (χ1n) is 3.29. The van der Waals surface area contributed by atoms with Crippen molar-refractivity contribution < 1.29 is 9.53 Å². The summed E-state index contributed by atoms with van der Waals surface area (Å²) in [5.41, 5.74) is -0.758. The number of nitrogens with zero attached hydrogens (tertiary/aromatic N) is 1. The second kappa shape index (κ2) is 2.30. The smallest absolute Gasteiger partial charge is 0.304 e. The van der Waals surface area contributed by atoms with Crippen LogP contribution >= 0.6 is 0 Å². The van der Waals surface area contributed by atoms with Crippen LogP contribution in [0.2, 0.25) is 0 Å². The second-order valence-corrected chi connectivity index (χ2v) is 2.55. The van der Waals surface area contributed by atoms with Gasteiger partial charge in [0.2, 0.25) is 0 Å². The predicted molar refractivity (Wildman–Crippen MR) is 34.0 cm³/mol. The van der Waals surface area contributed by atoms with Gasteiger partial charge in [-0.1, -0.05) is 0 Å². The first-order chi connectivity index (χ1) is 4.68. The molecule has 0 aromatic rings. The van der Waals surface area contributed by atoms with Gasteiger partial charge in [0, 0.05) is 19.8 Å². The summed E-state index contributed by atoms with van der Waals surface area (Å²) < 4.78 is 4.82. The SMILES string of the molecule is CC(=O)OC1(C#N)CCC1. The van der Waals surface area contributed by atoms with Crippen LogP contribution in [0, 0.1) is 11.3 Å². The fourth-order valence-corrected chi connectivity index (χ4v) is 1.01. The van der Waals surface area contributed by atoms with Gasteiger partial charge in [0.15, 0.2) is 5.60 Å². The third kappa shape index (κ3) is 1.10. The van der Waals surface area contributed by atoms with Gasteiger partial charge in [-0.3, -0.25) is 4.79 Å². The van der Waals surface area contributed by atoms with Crippen molar-refractivity contribution in [1.29, 1.82) is 5.26 Å². The van der Waals surface area contributed by atoms with Crippen LogP contribution in [0.1, 0.15) is 26.2 Å². The Kier molecular flexibility index (Phi) is 1.62. The monoisotopic (exact) mass is 139 g/mol. The van der Waals surface area contributed by atoms with E-state index in [2.05, 4.69) is 0 Å². The van der Waals surface area contributed by atoms with Crippen molar-refractivity contribution in [3.63, 3.8) is 0 Å². The Morgan fingerprint density at radius 3 is 2.40 bits per heavy atom. The van der Waals surface area contributed by atoms with Crippen LogP contribution in [0.25, 0.3) is 0 Å². The van der Waals surface area contributed by atoms with Crippen molar-refractivity contribution in [3.05, 3.63) is 0 Å². The van der Waals surface area contributed by atoms with E-state index in [1.54, 1.807) is 0 Å². The maximum Gasteiger partial charge on any atom is 0.304 e. The zero-order valence-electron chi connectivity index (χ0n) is 5.89. The predicted octanol–water partition coefficient (Wildman–Crippen LogP) is 0.996. The summed E-state index contributed by atoms with van der Waals surface area (Å²) in [6, 6.07) is 2.00. The van der Waals surface area contributed by atoms with Gasteiger partial charge in [-0.2, -0.15) is 5.26 Å². The molecular weight excluding hydrogens is 130 g/mol. The van der Waals surface area contributed by atoms with E-state index in [4.69, 9.17) is 10.00 Å². The average Bonchev–Trinajstić information content (AvgIpc) is 1.78. The summed E-state index contributed by atoms with van der Waals surface area (Å²) >= 11 is 0. The van der Waals surface area contributed by atoms with E-state index < -0.39 is 5.60 Å². The van der Waals surface area contributed by atoms with E-state index in [0.29, 0.717) is 12.8 Å². The molecule has 54 valence electrons. The lowest BCUT2D eigenvalue weighted by molar-refractivity contribution is -0.158. The molecule has 0 radical (unpaired) electrons. The van der Waals surface area contributed by atoms with Gasteiger partial charge in [-0.25, -0.2) is 0 Å². The summed E-state index contributed by atoms with van der Waals surface area (Å²) in [6.07, 6.45) is 2.38. The molecule has 0 saturated heterocycles. The maximum absolute atomic E-state index is 10.4. The Bertz CT molecular complexity index is 188. The molecule has 0 unspecified atom stereocenters. The van der Waals surface area contributed by atoms with Gasteiger partial charge >= 0.3 is 5.97 Å². The molecular formula is C7H9NO2. The molecule has 0 aromatic heterocycles. The van der Waals surface area contributed by atoms with E-state index in [9.17, 15) is 4.79 Å². The summed E-state index contributed by atoms with van der Waals surface area (Å²) in [7, 11) is 0. The molecule has 0 N–H and O–H groups in total. The molecule has 1 fully saturated rings. The van der Waals surface area contributed by atoms with Gasteiger partial charge in [-0.05, 0) is 6.42 Å². The summed E-state index contributed by atoms with van der Waals surface area (Å²) in [6.45, 7) is 1.33. The Balaban J connectivity index is 2.51. The van der Waals surface area contributed by atoms with E-state index >= 15 is 0 Å².